The quantitative estimate of drug-likeness (QED) is 0.400. The van der Waals surface area contributed by atoms with Gasteiger partial charge in [-0.15, -0.1) is 24.0 Å². The number of hydrogen-bond donors (Lipinski definition) is 3. The molecule has 5 N–H and O–H groups in total. The fourth-order valence-electron chi connectivity index (χ4n) is 2.19. The van der Waals surface area contributed by atoms with Crippen LogP contribution in [0, 0.1) is 13.8 Å². The van der Waals surface area contributed by atoms with Gasteiger partial charge in [0.1, 0.15) is 0 Å². The predicted octanol–water partition coefficient (Wildman–Crippen LogP) is 2.95. The van der Waals surface area contributed by atoms with E-state index in [0.29, 0.717) is 18.1 Å². The van der Waals surface area contributed by atoms with Crippen molar-refractivity contribution in [2.24, 2.45) is 16.5 Å². The predicted molar refractivity (Wildman–Crippen MR) is 105 cm³/mol. The van der Waals surface area contributed by atoms with E-state index in [1.807, 2.05) is 38.1 Å². The lowest BCUT2D eigenvalue weighted by atomic mass is 10.1. The highest BCUT2D eigenvalue weighted by atomic mass is 127. The van der Waals surface area contributed by atoms with E-state index in [1.54, 1.807) is 12.1 Å². The number of guanidine groups is 1. The van der Waals surface area contributed by atoms with Crippen molar-refractivity contribution in [3.05, 3.63) is 64.7 Å². The third kappa shape index (κ3) is 5.90. The van der Waals surface area contributed by atoms with E-state index in [2.05, 4.69) is 16.4 Å². The SMILES string of the molecule is Cc1cc(C)cc(NC(N)=NCc2ccc(C(N)=O)cc2)c1.I. The Bertz CT molecular complexity index is 691. The van der Waals surface area contributed by atoms with E-state index in [9.17, 15) is 4.79 Å². The lowest BCUT2D eigenvalue weighted by Gasteiger charge is -2.08. The topological polar surface area (TPSA) is 93.5 Å². The summed E-state index contributed by atoms with van der Waals surface area (Å²) in [4.78, 5) is 15.3. The van der Waals surface area contributed by atoms with Crippen LogP contribution in [0.3, 0.4) is 0 Å². The second-order valence-corrected chi connectivity index (χ2v) is 5.26. The number of nitrogens with one attached hydrogen (secondary N) is 1. The van der Waals surface area contributed by atoms with Crippen LogP contribution in [-0.2, 0) is 6.54 Å². The molecule has 2 rings (SSSR count). The molecule has 1 amide bonds. The highest BCUT2D eigenvalue weighted by molar-refractivity contribution is 14.0. The normalized spacial score (nSPS) is 10.8. The number of primary amides is 1. The van der Waals surface area contributed by atoms with Crippen molar-refractivity contribution in [3.63, 3.8) is 0 Å². The zero-order valence-electron chi connectivity index (χ0n) is 13.2. The molecule has 0 heterocycles. The molecule has 0 atom stereocenters. The number of nitrogens with zero attached hydrogens (tertiary/aromatic N) is 1. The van der Waals surface area contributed by atoms with Gasteiger partial charge in [-0.3, -0.25) is 4.79 Å². The molecule has 0 spiro atoms. The molecule has 0 fully saturated rings. The van der Waals surface area contributed by atoms with Crippen molar-refractivity contribution in [1.29, 1.82) is 0 Å². The molecule has 0 radical (unpaired) electrons. The maximum atomic E-state index is 11.0. The Hall–Kier alpha value is -2.09. The summed E-state index contributed by atoms with van der Waals surface area (Å²) in [5.41, 5.74) is 15.8. The van der Waals surface area contributed by atoms with Crippen LogP contribution in [0.2, 0.25) is 0 Å². The average Bonchev–Trinajstić information content (AvgIpc) is 2.44. The molecule has 2 aromatic rings. The first kappa shape index (κ1) is 19.0. The number of nitrogens with two attached hydrogens (primary N) is 2. The van der Waals surface area contributed by atoms with Crippen molar-refractivity contribution in [2.45, 2.75) is 20.4 Å². The monoisotopic (exact) mass is 424 g/mol. The van der Waals surface area contributed by atoms with E-state index in [1.165, 1.54) is 0 Å². The van der Waals surface area contributed by atoms with Crippen LogP contribution in [-0.4, -0.2) is 11.9 Å². The number of amides is 1. The largest absolute Gasteiger partial charge is 0.370 e. The third-order valence-corrected chi connectivity index (χ3v) is 3.16. The van der Waals surface area contributed by atoms with Crippen molar-refractivity contribution < 1.29 is 4.79 Å². The molecule has 0 saturated carbocycles. The molecule has 122 valence electrons. The Kier molecular flexibility index (Phi) is 7.02. The first-order valence-electron chi connectivity index (χ1n) is 6.98. The van der Waals surface area contributed by atoms with Gasteiger partial charge < -0.3 is 16.8 Å². The van der Waals surface area contributed by atoms with E-state index >= 15 is 0 Å². The molecular formula is C17H21IN4O. The first-order valence-corrected chi connectivity index (χ1v) is 6.98. The molecule has 0 aliphatic carbocycles. The van der Waals surface area contributed by atoms with Gasteiger partial charge in [0.15, 0.2) is 5.96 Å². The summed E-state index contributed by atoms with van der Waals surface area (Å²) in [7, 11) is 0. The van der Waals surface area contributed by atoms with E-state index in [4.69, 9.17) is 11.5 Å². The van der Waals surface area contributed by atoms with Crippen LogP contribution >= 0.6 is 24.0 Å². The Morgan fingerprint density at radius 2 is 1.61 bits per heavy atom. The molecular weight excluding hydrogens is 403 g/mol. The van der Waals surface area contributed by atoms with Gasteiger partial charge in [0, 0.05) is 11.3 Å². The molecule has 0 saturated heterocycles. The van der Waals surface area contributed by atoms with Crippen LogP contribution in [0.15, 0.2) is 47.5 Å². The maximum absolute atomic E-state index is 11.0. The minimum atomic E-state index is -0.439. The lowest BCUT2D eigenvalue weighted by molar-refractivity contribution is 0.100. The molecule has 2 aromatic carbocycles. The number of benzene rings is 2. The summed E-state index contributed by atoms with van der Waals surface area (Å²) in [6.45, 7) is 4.50. The van der Waals surface area contributed by atoms with Crippen LogP contribution in [0.5, 0.6) is 0 Å². The van der Waals surface area contributed by atoms with Gasteiger partial charge in [-0.2, -0.15) is 0 Å². The molecule has 6 heteroatoms. The zero-order chi connectivity index (χ0) is 16.1. The van der Waals surface area contributed by atoms with Gasteiger partial charge in [-0.05, 0) is 54.8 Å². The number of halogens is 1. The summed E-state index contributed by atoms with van der Waals surface area (Å²) in [5.74, 6) is -0.0879. The smallest absolute Gasteiger partial charge is 0.248 e. The fraction of sp³-hybridized carbons (Fsp3) is 0.176. The minimum absolute atomic E-state index is 0. The van der Waals surface area contributed by atoms with Crippen LogP contribution in [0.4, 0.5) is 5.69 Å². The second-order valence-electron chi connectivity index (χ2n) is 5.26. The summed E-state index contributed by atoms with van der Waals surface area (Å²) in [6.07, 6.45) is 0. The highest BCUT2D eigenvalue weighted by Gasteiger charge is 2.00. The summed E-state index contributed by atoms with van der Waals surface area (Å²) < 4.78 is 0. The van der Waals surface area contributed by atoms with Crippen LogP contribution in [0.25, 0.3) is 0 Å². The highest BCUT2D eigenvalue weighted by Crippen LogP contribution is 2.13. The number of carbonyl (C=O) groups excluding carboxylic acids is 1. The zero-order valence-corrected chi connectivity index (χ0v) is 15.5. The van der Waals surface area contributed by atoms with Gasteiger partial charge in [0.2, 0.25) is 5.91 Å². The second kappa shape index (κ2) is 8.52. The molecule has 0 aliphatic heterocycles. The summed E-state index contributed by atoms with van der Waals surface area (Å²) in [5, 5.41) is 3.08. The molecule has 0 aromatic heterocycles. The Labute approximate surface area is 153 Å². The van der Waals surface area contributed by atoms with Crippen molar-refractivity contribution in [1.82, 2.24) is 0 Å². The van der Waals surface area contributed by atoms with Crippen LogP contribution in [0.1, 0.15) is 27.0 Å². The number of anilines is 1. The van der Waals surface area contributed by atoms with Crippen LogP contribution < -0.4 is 16.8 Å². The van der Waals surface area contributed by atoms with Crippen molar-refractivity contribution in [2.75, 3.05) is 5.32 Å². The molecule has 0 bridgehead atoms. The van der Waals surface area contributed by atoms with Gasteiger partial charge in [-0.1, -0.05) is 18.2 Å². The summed E-state index contributed by atoms with van der Waals surface area (Å²) in [6, 6.07) is 13.1. The van der Waals surface area contributed by atoms with E-state index in [-0.39, 0.29) is 24.0 Å². The standard InChI is InChI=1S/C17H20N4O.HI/c1-11-7-12(2)9-15(8-11)21-17(19)20-10-13-3-5-14(6-4-13)16(18)22;/h3-9H,10H2,1-2H3,(H2,18,22)(H3,19,20,21);1H. The van der Waals surface area contributed by atoms with Crippen molar-refractivity contribution in [3.8, 4) is 0 Å². The van der Waals surface area contributed by atoms with Gasteiger partial charge in [0.05, 0.1) is 6.54 Å². The number of carbonyl (C=O) groups is 1. The Morgan fingerprint density at radius 3 is 2.13 bits per heavy atom. The average molecular weight is 424 g/mol. The van der Waals surface area contributed by atoms with E-state index in [0.717, 1.165) is 22.4 Å². The van der Waals surface area contributed by atoms with Gasteiger partial charge >= 0.3 is 0 Å². The molecule has 23 heavy (non-hydrogen) atoms. The number of hydrogen-bond acceptors (Lipinski definition) is 2. The molecule has 5 nitrogen and oxygen atoms in total. The number of aryl methyl sites for hydroxylation is 2. The minimum Gasteiger partial charge on any atom is -0.370 e. The Balaban J connectivity index is 0.00000264. The number of aliphatic imine (C=N–C) groups is 1. The lowest BCUT2D eigenvalue weighted by Crippen LogP contribution is -2.22. The van der Waals surface area contributed by atoms with Crippen molar-refractivity contribution >= 4 is 41.5 Å². The number of rotatable bonds is 4. The third-order valence-electron chi connectivity index (χ3n) is 3.16. The molecule has 0 aliphatic rings. The summed E-state index contributed by atoms with van der Waals surface area (Å²) >= 11 is 0. The van der Waals surface area contributed by atoms with Gasteiger partial charge in [-0.25, -0.2) is 4.99 Å². The first-order chi connectivity index (χ1) is 10.4. The van der Waals surface area contributed by atoms with Gasteiger partial charge in [0.25, 0.3) is 0 Å². The Morgan fingerprint density at radius 1 is 1.04 bits per heavy atom. The van der Waals surface area contributed by atoms with E-state index < -0.39 is 5.91 Å². The maximum Gasteiger partial charge on any atom is 0.248 e. The molecule has 0 unspecified atom stereocenters. The fourth-order valence-corrected chi connectivity index (χ4v) is 2.19.